The Labute approximate surface area is 188 Å². The summed E-state index contributed by atoms with van der Waals surface area (Å²) in [4.78, 5) is 57.5. The maximum atomic E-state index is 11.8. The highest BCUT2D eigenvalue weighted by molar-refractivity contribution is 5.69. The van der Waals surface area contributed by atoms with Crippen LogP contribution in [-0.2, 0) is 42.9 Å². The molecule has 2 rings (SSSR count). The van der Waals surface area contributed by atoms with Crippen molar-refractivity contribution in [1.82, 2.24) is 0 Å². The van der Waals surface area contributed by atoms with Crippen LogP contribution in [0.2, 0.25) is 0 Å². The van der Waals surface area contributed by atoms with E-state index in [1.165, 1.54) is 24.3 Å². The van der Waals surface area contributed by atoms with Gasteiger partial charge < -0.3 is 29.0 Å². The molecule has 0 spiro atoms. The van der Waals surface area contributed by atoms with E-state index in [0.717, 1.165) is 27.7 Å². The maximum Gasteiger partial charge on any atom is 0.303 e. The highest BCUT2D eigenvalue weighted by Crippen LogP contribution is 2.32. The van der Waals surface area contributed by atoms with E-state index in [4.69, 9.17) is 23.7 Å². The minimum absolute atomic E-state index is 0.0170. The smallest absolute Gasteiger partial charge is 0.303 e. The molecule has 1 fully saturated rings. The van der Waals surface area contributed by atoms with Crippen LogP contribution in [0.3, 0.4) is 0 Å². The average Bonchev–Trinajstić information content (AvgIpc) is 2.70. The molecule has 1 aliphatic rings. The predicted octanol–water partition coefficient (Wildman–Crippen LogP) is 1.09. The van der Waals surface area contributed by atoms with Gasteiger partial charge >= 0.3 is 23.9 Å². The molecule has 33 heavy (non-hydrogen) atoms. The Morgan fingerprint density at radius 3 is 2.00 bits per heavy atom. The third-order valence-corrected chi connectivity index (χ3v) is 4.39. The van der Waals surface area contributed by atoms with Gasteiger partial charge in [0.05, 0.1) is 4.92 Å². The van der Waals surface area contributed by atoms with Gasteiger partial charge in [0.15, 0.2) is 24.5 Å². The topological polar surface area (TPSA) is 170 Å². The quantitative estimate of drug-likeness (QED) is 0.250. The van der Waals surface area contributed by atoms with E-state index in [-0.39, 0.29) is 11.4 Å². The monoisotopic (exact) mass is 468 g/mol. The fraction of sp³-hybridized carbons (Fsp3) is 0.500. The van der Waals surface area contributed by atoms with Gasteiger partial charge in [0.2, 0.25) is 0 Å². The molecule has 0 radical (unpaired) electrons. The standard InChI is InChI=1S/C20H24N2O11/c1-10(23)29-9-16-17(30-11(2)24)18(31-12(3)25)19(32-13(4)26)20(33-16)21-14-7-5-6-8-15(14)22(27)28/h5-8,16-21H,9H2,1-4H3/t16-,17-,18-,19-,20+/m0/s1. The molecule has 13 nitrogen and oxygen atoms in total. The lowest BCUT2D eigenvalue weighted by Gasteiger charge is -2.44. The van der Waals surface area contributed by atoms with Crippen molar-refractivity contribution in [2.24, 2.45) is 0 Å². The summed E-state index contributed by atoms with van der Waals surface area (Å²) in [5, 5.41) is 14.2. The Morgan fingerprint density at radius 1 is 0.909 bits per heavy atom. The van der Waals surface area contributed by atoms with E-state index in [1.54, 1.807) is 0 Å². The number of carbonyl (C=O) groups excluding carboxylic acids is 4. The van der Waals surface area contributed by atoms with Gasteiger partial charge in [0, 0.05) is 33.8 Å². The van der Waals surface area contributed by atoms with Crippen molar-refractivity contribution in [3.05, 3.63) is 34.4 Å². The van der Waals surface area contributed by atoms with Crippen molar-refractivity contribution in [3.63, 3.8) is 0 Å². The van der Waals surface area contributed by atoms with Crippen molar-refractivity contribution in [2.45, 2.75) is 58.3 Å². The first-order chi connectivity index (χ1) is 15.5. The molecular weight excluding hydrogens is 444 g/mol. The summed E-state index contributed by atoms with van der Waals surface area (Å²) in [6.07, 6.45) is -6.58. The molecule has 0 bridgehead atoms. The third-order valence-electron chi connectivity index (χ3n) is 4.39. The third kappa shape index (κ3) is 7.14. The molecule has 0 unspecified atom stereocenters. The van der Waals surface area contributed by atoms with Crippen LogP contribution < -0.4 is 5.32 Å². The maximum absolute atomic E-state index is 11.8. The number of para-hydroxylation sites is 2. The van der Waals surface area contributed by atoms with Crippen molar-refractivity contribution >= 4 is 35.3 Å². The predicted molar refractivity (Wildman–Crippen MR) is 109 cm³/mol. The molecule has 1 aliphatic heterocycles. The van der Waals surface area contributed by atoms with Crippen molar-refractivity contribution in [3.8, 4) is 0 Å². The zero-order valence-corrected chi connectivity index (χ0v) is 18.3. The summed E-state index contributed by atoms with van der Waals surface area (Å²) in [6, 6.07) is 5.62. The number of nitrogens with zero attached hydrogens (tertiary/aromatic N) is 1. The number of hydrogen-bond acceptors (Lipinski definition) is 12. The molecule has 0 aliphatic carbocycles. The number of esters is 4. The number of nitrogens with one attached hydrogen (secondary N) is 1. The van der Waals surface area contributed by atoms with Gasteiger partial charge in [-0.2, -0.15) is 0 Å². The van der Waals surface area contributed by atoms with Crippen LogP contribution in [0.4, 0.5) is 11.4 Å². The number of hydrogen-bond donors (Lipinski definition) is 1. The van der Waals surface area contributed by atoms with Gasteiger partial charge in [-0.1, -0.05) is 12.1 Å². The number of ether oxygens (including phenoxy) is 5. The summed E-state index contributed by atoms with van der Waals surface area (Å²) in [7, 11) is 0. The second-order valence-corrected chi connectivity index (χ2v) is 7.04. The fourth-order valence-corrected chi connectivity index (χ4v) is 3.25. The van der Waals surface area contributed by atoms with Gasteiger partial charge in [-0.3, -0.25) is 29.3 Å². The molecule has 13 heteroatoms. The zero-order chi connectivity index (χ0) is 24.7. The number of rotatable bonds is 8. The number of benzene rings is 1. The molecule has 0 amide bonds. The molecule has 0 aromatic heterocycles. The van der Waals surface area contributed by atoms with E-state index in [0.29, 0.717) is 0 Å². The van der Waals surface area contributed by atoms with Crippen LogP contribution >= 0.6 is 0 Å². The molecule has 5 atom stereocenters. The second-order valence-electron chi connectivity index (χ2n) is 7.04. The van der Waals surface area contributed by atoms with E-state index in [2.05, 4.69) is 5.32 Å². The van der Waals surface area contributed by atoms with Gasteiger partial charge in [-0.05, 0) is 6.07 Å². The molecular formula is C20H24N2O11. The van der Waals surface area contributed by atoms with E-state index < -0.39 is 66.1 Å². The lowest BCUT2D eigenvalue weighted by atomic mass is 9.97. The van der Waals surface area contributed by atoms with Crippen molar-refractivity contribution in [2.75, 3.05) is 11.9 Å². The lowest BCUT2D eigenvalue weighted by Crippen LogP contribution is -2.64. The first-order valence-electron chi connectivity index (χ1n) is 9.80. The minimum Gasteiger partial charge on any atom is -0.463 e. The Bertz CT molecular complexity index is 919. The lowest BCUT2D eigenvalue weighted by molar-refractivity contribution is -0.384. The molecule has 180 valence electrons. The number of nitro benzene ring substituents is 1. The summed E-state index contributed by atoms with van der Waals surface area (Å²) in [5.74, 6) is -2.99. The summed E-state index contributed by atoms with van der Waals surface area (Å²) in [5.41, 5.74) is -0.284. The minimum atomic E-state index is -1.39. The summed E-state index contributed by atoms with van der Waals surface area (Å²) in [6.45, 7) is 4.03. The molecule has 1 heterocycles. The number of nitro groups is 1. The Balaban J connectivity index is 2.51. The van der Waals surface area contributed by atoms with E-state index >= 15 is 0 Å². The molecule has 0 saturated carbocycles. The van der Waals surface area contributed by atoms with Gasteiger partial charge in [-0.15, -0.1) is 0 Å². The van der Waals surface area contributed by atoms with Crippen molar-refractivity contribution < 1.29 is 47.8 Å². The van der Waals surface area contributed by atoms with Crippen molar-refractivity contribution in [1.29, 1.82) is 0 Å². The van der Waals surface area contributed by atoms with E-state index in [1.807, 2.05) is 0 Å². The second kappa shape index (κ2) is 11.2. The van der Waals surface area contributed by atoms with Crippen LogP contribution in [-0.4, -0.2) is 66.1 Å². The zero-order valence-electron chi connectivity index (χ0n) is 18.3. The van der Waals surface area contributed by atoms with Crippen LogP contribution in [0.25, 0.3) is 0 Å². The first kappa shape index (κ1) is 25.5. The number of carbonyl (C=O) groups is 4. The Kier molecular flexibility index (Phi) is 8.68. The SMILES string of the molecule is CC(=O)OC[C@@H]1O[C@@H](Nc2ccccc2[N+](=O)[O-])[C@@H](OC(C)=O)[C@@H](OC(C)=O)[C@H]1OC(C)=O. The Hall–Kier alpha value is -3.74. The highest BCUT2D eigenvalue weighted by Gasteiger charge is 2.52. The summed E-state index contributed by atoms with van der Waals surface area (Å²) >= 11 is 0. The largest absolute Gasteiger partial charge is 0.463 e. The van der Waals surface area contributed by atoms with Crippen LogP contribution in [0.5, 0.6) is 0 Å². The molecule has 1 aromatic carbocycles. The molecule has 1 saturated heterocycles. The molecule has 1 aromatic rings. The first-order valence-corrected chi connectivity index (χ1v) is 9.80. The van der Waals surface area contributed by atoms with Gasteiger partial charge in [-0.25, -0.2) is 0 Å². The van der Waals surface area contributed by atoms with Gasteiger partial charge in [0.25, 0.3) is 5.69 Å². The van der Waals surface area contributed by atoms with Crippen LogP contribution in [0.15, 0.2) is 24.3 Å². The Morgan fingerprint density at radius 2 is 1.45 bits per heavy atom. The van der Waals surface area contributed by atoms with E-state index in [9.17, 15) is 29.3 Å². The highest BCUT2D eigenvalue weighted by atomic mass is 16.7. The fourth-order valence-electron chi connectivity index (χ4n) is 3.25. The van der Waals surface area contributed by atoms with Gasteiger partial charge in [0.1, 0.15) is 18.4 Å². The average molecular weight is 468 g/mol. The molecule has 1 N–H and O–H groups in total. The number of anilines is 1. The normalized spacial score (nSPS) is 24.2. The summed E-state index contributed by atoms with van der Waals surface area (Å²) < 4.78 is 26.7. The van der Waals surface area contributed by atoms with Crippen LogP contribution in [0, 0.1) is 10.1 Å². The van der Waals surface area contributed by atoms with Crippen LogP contribution in [0.1, 0.15) is 27.7 Å².